The van der Waals surface area contributed by atoms with Crippen LogP contribution in [0.15, 0.2) is 72.8 Å². The van der Waals surface area contributed by atoms with E-state index in [9.17, 15) is 9.18 Å². The molecule has 1 heterocycles. The van der Waals surface area contributed by atoms with Crippen molar-refractivity contribution in [2.75, 3.05) is 11.9 Å². The van der Waals surface area contributed by atoms with E-state index < -0.39 is 0 Å². The van der Waals surface area contributed by atoms with E-state index in [0.717, 1.165) is 11.3 Å². The number of anilines is 1. The first kappa shape index (κ1) is 16.9. The Labute approximate surface area is 155 Å². The number of carbonyl (C=O) groups is 1. The highest BCUT2D eigenvalue weighted by Crippen LogP contribution is 2.31. The second-order valence-electron chi connectivity index (χ2n) is 6.08. The Balaban J connectivity index is 1.35. The molecule has 27 heavy (non-hydrogen) atoms. The van der Waals surface area contributed by atoms with Crippen molar-refractivity contribution in [3.8, 4) is 17.2 Å². The lowest BCUT2D eigenvalue weighted by Gasteiger charge is -2.13. The average Bonchev–Trinajstić information content (AvgIpc) is 3.06. The van der Waals surface area contributed by atoms with E-state index >= 15 is 0 Å². The van der Waals surface area contributed by atoms with Crippen LogP contribution in [0.4, 0.5) is 14.9 Å². The molecule has 0 spiro atoms. The normalized spacial score (nSPS) is 14.8. The van der Waals surface area contributed by atoms with Crippen LogP contribution in [0.3, 0.4) is 0 Å². The number of halogens is 1. The standard InChI is InChI=1S/C21H17FN2O3/c22-14-4-3-5-17(12-14)27-16-10-8-15(9-11-16)23-21(25)24-19-13-26-20-7-2-1-6-18(19)20/h1-12,19H,13H2,(H2,23,24,25). The summed E-state index contributed by atoms with van der Waals surface area (Å²) >= 11 is 0. The molecule has 1 atom stereocenters. The molecule has 1 aliphatic rings. The van der Waals surface area contributed by atoms with Gasteiger partial charge in [0.05, 0.1) is 6.04 Å². The quantitative estimate of drug-likeness (QED) is 0.694. The number of benzene rings is 3. The third kappa shape index (κ3) is 4.00. The van der Waals surface area contributed by atoms with Crippen LogP contribution in [0.2, 0.25) is 0 Å². The number of hydrogen-bond donors (Lipinski definition) is 2. The SMILES string of the molecule is O=C(Nc1ccc(Oc2cccc(F)c2)cc1)NC1COc2ccccc21. The van der Waals surface area contributed by atoms with Gasteiger partial charge in [0.2, 0.25) is 0 Å². The van der Waals surface area contributed by atoms with Gasteiger partial charge in [0.15, 0.2) is 0 Å². The first-order valence-electron chi connectivity index (χ1n) is 8.50. The summed E-state index contributed by atoms with van der Waals surface area (Å²) in [6.45, 7) is 0.410. The molecule has 3 aromatic carbocycles. The van der Waals surface area contributed by atoms with Gasteiger partial charge in [-0.25, -0.2) is 9.18 Å². The van der Waals surface area contributed by atoms with Crippen LogP contribution in [0.5, 0.6) is 17.2 Å². The maximum absolute atomic E-state index is 13.2. The largest absolute Gasteiger partial charge is 0.491 e. The van der Waals surface area contributed by atoms with E-state index in [1.54, 1.807) is 36.4 Å². The van der Waals surface area contributed by atoms with Crippen LogP contribution in [-0.2, 0) is 0 Å². The lowest BCUT2D eigenvalue weighted by Crippen LogP contribution is -2.33. The Morgan fingerprint density at radius 3 is 2.63 bits per heavy atom. The monoisotopic (exact) mass is 364 g/mol. The van der Waals surface area contributed by atoms with Crippen molar-refractivity contribution in [1.29, 1.82) is 0 Å². The maximum atomic E-state index is 13.2. The Bertz CT molecular complexity index is 960. The molecule has 1 unspecified atom stereocenters. The summed E-state index contributed by atoms with van der Waals surface area (Å²) in [4.78, 5) is 12.2. The Morgan fingerprint density at radius 2 is 1.81 bits per heavy atom. The number of fused-ring (bicyclic) bond motifs is 1. The van der Waals surface area contributed by atoms with E-state index in [4.69, 9.17) is 9.47 Å². The van der Waals surface area contributed by atoms with E-state index in [1.165, 1.54) is 12.1 Å². The van der Waals surface area contributed by atoms with Gasteiger partial charge in [0.1, 0.15) is 29.7 Å². The molecule has 0 saturated carbocycles. The molecular formula is C21H17FN2O3. The summed E-state index contributed by atoms with van der Waals surface area (Å²) in [6, 6.07) is 19.9. The van der Waals surface area contributed by atoms with Crippen LogP contribution >= 0.6 is 0 Å². The van der Waals surface area contributed by atoms with Gasteiger partial charge in [0, 0.05) is 17.3 Å². The molecule has 3 aromatic rings. The van der Waals surface area contributed by atoms with Gasteiger partial charge >= 0.3 is 6.03 Å². The van der Waals surface area contributed by atoms with E-state index in [-0.39, 0.29) is 17.9 Å². The number of nitrogens with one attached hydrogen (secondary N) is 2. The highest BCUT2D eigenvalue weighted by Gasteiger charge is 2.24. The van der Waals surface area contributed by atoms with Crippen LogP contribution in [0.25, 0.3) is 0 Å². The van der Waals surface area contributed by atoms with Gasteiger partial charge in [0.25, 0.3) is 0 Å². The van der Waals surface area contributed by atoms with Crippen molar-refractivity contribution in [2.45, 2.75) is 6.04 Å². The van der Waals surface area contributed by atoms with Crippen LogP contribution < -0.4 is 20.1 Å². The van der Waals surface area contributed by atoms with E-state index in [0.29, 0.717) is 23.8 Å². The van der Waals surface area contributed by atoms with Gasteiger partial charge in [-0.3, -0.25) is 0 Å². The van der Waals surface area contributed by atoms with Crippen molar-refractivity contribution in [1.82, 2.24) is 5.32 Å². The fourth-order valence-electron chi connectivity index (χ4n) is 2.88. The van der Waals surface area contributed by atoms with Gasteiger partial charge in [-0.1, -0.05) is 24.3 Å². The number of amides is 2. The zero-order valence-corrected chi connectivity index (χ0v) is 14.3. The molecule has 0 radical (unpaired) electrons. The molecule has 0 aromatic heterocycles. The number of ether oxygens (including phenoxy) is 2. The molecule has 0 fully saturated rings. The van der Waals surface area contributed by atoms with Crippen LogP contribution in [0.1, 0.15) is 11.6 Å². The topological polar surface area (TPSA) is 59.6 Å². The van der Waals surface area contributed by atoms with Crippen molar-refractivity contribution >= 4 is 11.7 Å². The Hall–Kier alpha value is -3.54. The molecule has 5 nitrogen and oxygen atoms in total. The summed E-state index contributed by atoms with van der Waals surface area (Å²) in [5, 5.41) is 5.67. The number of hydrogen-bond acceptors (Lipinski definition) is 3. The second kappa shape index (κ2) is 7.37. The summed E-state index contributed by atoms with van der Waals surface area (Å²) in [5.74, 6) is 1.39. The molecule has 2 amide bonds. The van der Waals surface area contributed by atoms with Crippen molar-refractivity contribution in [3.63, 3.8) is 0 Å². The van der Waals surface area contributed by atoms with Crippen LogP contribution in [-0.4, -0.2) is 12.6 Å². The predicted octanol–water partition coefficient (Wildman–Crippen LogP) is 4.87. The molecule has 4 rings (SSSR count). The average molecular weight is 364 g/mol. The zero-order valence-electron chi connectivity index (χ0n) is 14.3. The molecule has 136 valence electrons. The molecule has 0 saturated heterocycles. The number of urea groups is 1. The lowest BCUT2D eigenvalue weighted by atomic mass is 10.1. The highest BCUT2D eigenvalue weighted by atomic mass is 19.1. The minimum Gasteiger partial charge on any atom is -0.491 e. The van der Waals surface area contributed by atoms with Crippen molar-refractivity contribution in [2.24, 2.45) is 0 Å². The molecule has 2 N–H and O–H groups in total. The summed E-state index contributed by atoms with van der Waals surface area (Å²) in [5.41, 5.74) is 1.58. The third-order valence-electron chi connectivity index (χ3n) is 4.15. The van der Waals surface area contributed by atoms with Crippen LogP contribution in [0, 0.1) is 5.82 Å². The Morgan fingerprint density at radius 1 is 1.00 bits per heavy atom. The fraction of sp³-hybridized carbons (Fsp3) is 0.0952. The highest BCUT2D eigenvalue weighted by molar-refractivity contribution is 5.89. The summed E-state index contributed by atoms with van der Waals surface area (Å²) in [6.07, 6.45) is 0. The maximum Gasteiger partial charge on any atom is 0.319 e. The number of para-hydroxylation sites is 1. The molecule has 1 aliphatic heterocycles. The first-order chi connectivity index (χ1) is 13.2. The van der Waals surface area contributed by atoms with Gasteiger partial charge < -0.3 is 20.1 Å². The molecular weight excluding hydrogens is 347 g/mol. The summed E-state index contributed by atoms with van der Waals surface area (Å²) < 4.78 is 24.3. The molecule has 0 aliphatic carbocycles. The Kier molecular flexibility index (Phi) is 4.61. The minimum absolute atomic E-state index is 0.184. The summed E-state index contributed by atoms with van der Waals surface area (Å²) in [7, 11) is 0. The zero-order chi connectivity index (χ0) is 18.6. The van der Waals surface area contributed by atoms with Gasteiger partial charge in [-0.15, -0.1) is 0 Å². The smallest absolute Gasteiger partial charge is 0.319 e. The molecule has 6 heteroatoms. The van der Waals surface area contributed by atoms with Crippen molar-refractivity contribution in [3.05, 3.63) is 84.2 Å². The number of rotatable bonds is 4. The predicted molar refractivity (Wildman–Crippen MR) is 99.7 cm³/mol. The van der Waals surface area contributed by atoms with Gasteiger partial charge in [-0.05, 0) is 42.5 Å². The number of carbonyl (C=O) groups excluding carboxylic acids is 1. The minimum atomic E-state index is -0.361. The van der Waals surface area contributed by atoms with E-state index in [1.807, 2.05) is 24.3 Å². The van der Waals surface area contributed by atoms with E-state index in [2.05, 4.69) is 10.6 Å². The first-order valence-corrected chi connectivity index (χ1v) is 8.50. The fourth-order valence-corrected chi connectivity index (χ4v) is 2.88. The lowest BCUT2D eigenvalue weighted by molar-refractivity contribution is 0.243. The third-order valence-corrected chi connectivity index (χ3v) is 4.15. The molecule has 0 bridgehead atoms. The van der Waals surface area contributed by atoms with Crippen molar-refractivity contribution < 1.29 is 18.7 Å². The second-order valence-corrected chi connectivity index (χ2v) is 6.08. The van der Waals surface area contributed by atoms with Gasteiger partial charge in [-0.2, -0.15) is 0 Å².